The Morgan fingerprint density at radius 1 is 1.15 bits per heavy atom. The summed E-state index contributed by atoms with van der Waals surface area (Å²) in [6.07, 6.45) is 6.01. The smallest absolute Gasteiger partial charge is 0.169 e. The molecule has 4 nitrogen and oxygen atoms in total. The van der Waals surface area contributed by atoms with Crippen molar-refractivity contribution in [2.75, 3.05) is 25.6 Å². The van der Waals surface area contributed by atoms with E-state index in [-0.39, 0.29) is 0 Å². The third-order valence-electron chi connectivity index (χ3n) is 3.05. The first-order valence-corrected chi connectivity index (χ1v) is 6.76. The molecule has 0 atom stereocenters. The summed E-state index contributed by atoms with van der Waals surface area (Å²) < 4.78 is 2.15. The van der Waals surface area contributed by atoms with Crippen molar-refractivity contribution in [2.45, 2.75) is 6.54 Å². The molecule has 0 saturated heterocycles. The lowest BCUT2D eigenvalue weighted by molar-refractivity contribution is -0.695. The Balaban J connectivity index is 1.97. The number of anilines is 1. The summed E-state index contributed by atoms with van der Waals surface area (Å²) in [5, 5.41) is 9.44. The van der Waals surface area contributed by atoms with Crippen LogP contribution in [-0.4, -0.2) is 26.9 Å². The second kappa shape index (κ2) is 7.40. The number of benzene rings is 1. The topological polar surface area (TPSA) is 31.5 Å². The van der Waals surface area contributed by atoms with Gasteiger partial charge in [0.2, 0.25) is 0 Å². The fourth-order valence-electron chi connectivity index (χ4n) is 1.81. The predicted molar refractivity (Wildman–Crippen MR) is 83.0 cm³/mol. The van der Waals surface area contributed by atoms with Gasteiger partial charge in [-0.15, -0.1) is 0 Å². The molecule has 0 amide bonds. The van der Waals surface area contributed by atoms with Crippen molar-refractivity contribution < 1.29 is 4.57 Å². The lowest BCUT2D eigenvalue weighted by Crippen LogP contribution is -2.37. The van der Waals surface area contributed by atoms with Crippen molar-refractivity contribution in [1.29, 1.82) is 0 Å². The van der Waals surface area contributed by atoms with E-state index in [4.69, 9.17) is 0 Å². The van der Waals surface area contributed by atoms with E-state index in [9.17, 15) is 0 Å². The van der Waals surface area contributed by atoms with Crippen LogP contribution in [0.2, 0.25) is 0 Å². The molecule has 0 radical (unpaired) electrons. The van der Waals surface area contributed by atoms with Crippen LogP contribution in [-0.2, 0) is 6.54 Å². The van der Waals surface area contributed by atoms with Crippen LogP contribution in [0.1, 0.15) is 5.56 Å². The molecule has 0 bridgehead atoms. The van der Waals surface area contributed by atoms with Gasteiger partial charge in [-0.25, -0.2) is 4.57 Å². The molecule has 0 unspecified atom stereocenters. The number of para-hydroxylation sites is 1. The Morgan fingerprint density at radius 2 is 1.85 bits per heavy atom. The summed E-state index contributed by atoms with van der Waals surface area (Å²) in [7, 11) is 3.91. The molecule has 0 saturated carbocycles. The number of rotatable bonds is 6. The summed E-state index contributed by atoms with van der Waals surface area (Å²) >= 11 is 0. The summed E-state index contributed by atoms with van der Waals surface area (Å²) in [4.78, 5) is 0. The zero-order chi connectivity index (χ0) is 14.2. The first-order valence-electron chi connectivity index (χ1n) is 6.76. The molecular weight excluding hydrogens is 248 g/mol. The normalized spacial score (nSPS) is 10.9. The maximum atomic E-state index is 4.44. The fraction of sp³-hybridized carbons (Fsp3) is 0.250. The second-order valence-corrected chi connectivity index (χ2v) is 4.58. The molecule has 1 heterocycles. The quantitative estimate of drug-likeness (QED) is 0.491. The lowest BCUT2D eigenvalue weighted by Gasteiger charge is -2.11. The summed E-state index contributed by atoms with van der Waals surface area (Å²) in [5.74, 6) is 0. The van der Waals surface area contributed by atoms with Gasteiger partial charge in [0, 0.05) is 24.7 Å². The Labute approximate surface area is 120 Å². The van der Waals surface area contributed by atoms with Crippen LogP contribution in [0, 0.1) is 0 Å². The van der Waals surface area contributed by atoms with E-state index in [0.717, 1.165) is 24.3 Å². The van der Waals surface area contributed by atoms with Gasteiger partial charge in [0.05, 0.1) is 18.4 Å². The third-order valence-corrected chi connectivity index (χ3v) is 3.05. The van der Waals surface area contributed by atoms with Gasteiger partial charge in [-0.2, -0.15) is 5.10 Å². The van der Waals surface area contributed by atoms with Crippen LogP contribution in [0.25, 0.3) is 0 Å². The van der Waals surface area contributed by atoms with E-state index < -0.39 is 0 Å². The van der Waals surface area contributed by atoms with Gasteiger partial charge in [0.1, 0.15) is 0 Å². The number of aromatic nitrogens is 1. The average Bonchev–Trinajstić information content (AvgIpc) is 2.52. The second-order valence-electron chi connectivity index (χ2n) is 4.58. The van der Waals surface area contributed by atoms with Gasteiger partial charge in [0.15, 0.2) is 18.9 Å². The fourth-order valence-corrected chi connectivity index (χ4v) is 1.81. The van der Waals surface area contributed by atoms with E-state index in [0.29, 0.717) is 0 Å². The highest BCUT2D eigenvalue weighted by Crippen LogP contribution is 2.10. The van der Waals surface area contributed by atoms with Crippen LogP contribution in [0.3, 0.4) is 0 Å². The standard InChI is InChI=1S/C16H21N4/c1-17-10-13-20-11-8-15(9-12-20)14-18-19(2)16-6-4-3-5-7-16/h3-9,11-12,14,17H,10,13H2,1-2H3/q+1. The van der Waals surface area contributed by atoms with Crippen molar-refractivity contribution in [2.24, 2.45) is 5.10 Å². The monoisotopic (exact) mass is 269 g/mol. The highest BCUT2D eigenvalue weighted by molar-refractivity contribution is 5.79. The molecule has 1 aromatic heterocycles. The molecule has 0 aliphatic rings. The van der Waals surface area contributed by atoms with Gasteiger partial charge in [-0.05, 0) is 19.2 Å². The average molecular weight is 269 g/mol. The minimum Gasteiger partial charge on any atom is -0.314 e. The highest BCUT2D eigenvalue weighted by atomic mass is 15.4. The zero-order valence-corrected chi connectivity index (χ0v) is 12.0. The van der Waals surface area contributed by atoms with E-state index in [2.05, 4.69) is 39.5 Å². The molecule has 4 heteroatoms. The van der Waals surface area contributed by atoms with Crippen LogP contribution < -0.4 is 14.9 Å². The van der Waals surface area contributed by atoms with Crippen LogP contribution in [0.4, 0.5) is 5.69 Å². The minimum absolute atomic E-state index is 0.967. The molecule has 0 aliphatic carbocycles. The Hall–Kier alpha value is -2.20. The summed E-state index contributed by atoms with van der Waals surface area (Å²) in [6.45, 7) is 1.94. The molecule has 0 fully saturated rings. The first-order chi connectivity index (χ1) is 9.79. The first kappa shape index (κ1) is 14.2. The number of hydrogen-bond donors (Lipinski definition) is 1. The minimum atomic E-state index is 0.967. The SMILES string of the molecule is CNCC[n+]1ccc(/C=N/N(C)c2ccccc2)cc1. The largest absolute Gasteiger partial charge is 0.314 e. The molecule has 2 aromatic rings. The van der Waals surface area contributed by atoms with Gasteiger partial charge < -0.3 is 5.32 Å². The van der Waals surface area contributed by atoms with E-state index in [1.54, 1.807) is 0 Å². The highest BCUT2D eigenvalue weighted by Gasteiger charge is 1.99. The van der Waals surface area contributed by atoms with Gasteiger partial charge in [-0.3, -0.25) is 5.01 Å². The van der Waals surface area contributed by atoms with E-state index >= 15 is 0 Å². The predicted octanol–water partition coefficient (Wildman–Crippen LogP) is 1.66. The van der Waals surface area contributed by atoms with Crippen LogP contribution >= 0.6 is 0 Å². The Morgan fingerprint density at radius 3 is 2.50 bits per heavy atom. The van der Waals surface area contributed by atoms with Gasteiger partial charge in [0.25, 0.3) is 0 Å². The van der Waals surface area contributed by atoms with E-state index in [1.807, 2.05) is 55.7 Å². The molecule has 104 valence electrons. The molecule has 1 aromatic carbocycles. The number of hydrogen-bond acceptors (Lipinski definition) is 3. The van der Waals surface area contributed by atoms with Crippen molar-refractivity contribution in [1.82, 2.24) is 5.32 Å². The molecule has 0 spiro atoms. The van der Waals surface area contributed by atoms with Gasteiger partial charge >= 0.3 is 0 Å². The molecule has 0 aliphatic heterocycles. The molecule has 2 rings (SSSR count). The van der Waals surface area contributed by atoms with Crippen molar-refractivity contribution in [3.8, 4) is 0 Å². The van der Waals surface area contributed by atoms with Crippen LogP contribution in [0.5, 0.6) is 0 Å². The summed E-state index contributed by atoms with van der Waals surface area (Å²) in [6, 6.07) is 14.2. The lowest BCUT2D eigenvalue weighted by atomic mass is 10.3. The Kier molecular flexibility index (Phi) is 5.26. The number of nitrogens with zero attached hydrogens (tertiary/aromatic N) is 3. The number of hydrazone groups is 1. The Bertz CT molecular complexity index is 534. The third kappa shape index (κ3) is 4.17. The zero-order valence-electron chi connectivity index (χ0n) is 12.0. The molecule has 20 heavy (non-hydrogen) atoms. The number of nitrogens with one attached hydrogen (secondary N) is 1. The maximum absolute atomic E-state index is 4.44. The van der Waals surface area contributed by atoms with Crippen LogP contribution in [0.15, 0.2) is 60.0 Å². The van der Waals surface area contributed by atoms with Crippen molar-refractivity contribution >= 4 is 11.9 Å². The van der Waals surface area contributed by atoms with Crippen molar-refractivity contribution in [3.05, 3.63) is 60.4 Å². The molecule has 1 N–H and O–H groups in total. The van der Waals surface area contributed by atoms with Gasteiger partial charge in [-0.1, -0.05) is 18.2 Å². The molecular formula is C16H21N4+. The van der Waals surface area contributed by atoms with Crippen molar-refractivity contribution in [3.63, 3.8) is 0 Å². The maximum Gasteiger partial charge on any atom is 0.169 e. The summed E-state index contributed by atoms with van der Waals surface area (Å²) in [5.41, 5.74) is 2.16. The number of likely N-dealkylation sites (N-methyl/N-ethyl adjacent to an activating group) is 1. The number of pyridine rings is 1. The van der Waals surface area contributed by atoms with E-state index in [1.165, 1.54) is 0 Å².